The standard InChI is InChI=1S/C18H24N4O3/c1-3-25-17(24)14-15(13-7-5-4-6-8-13)19-18(20-16(14)23)22-11-9-21(2)10-12-22/h4-8,14-15H,3,9-12H2,1-2H3,(H,19,20,23)/t14-,15-/m0/s1. The number of carbonyl (C=O) groups excluding carboxylic acids is 2. The Morgan fingerprint density at radius 2 is 1.92 bits per heavy atom. The minimum atomic E-state index is -0.960. The minimum Gasteiger partial charge on any atom is -0.465 e. The van der Waals surface area contributed by atoms with E-state index in [-0.39, 0.29) is 12.5 Å². The van der Waals surface area contributed by atoms with Crippen molar-refractivity contribution in [1.82, 2.24) is 15.1 Å². The molecule has 25 heavy (non-hydrogen) atoms. The van der Waals surface area contributed by atoms with Crippen molar-refractivity contribution in [3.63, 3.8) is 0 Å². The lowest BCUT2D eigenvalue weighted by molar-refractivity contribution is -0.153. The molecule has 0 aliphatic carbocycles. The largest absolute Gasteiger partial charge is 0.465 e. The van der Waals surface area contributed by atoms with E-state index in [1.807, 2.05) is 30.3 Å². The summed E-state index contributed by atoms with van der Waals surface area (Å²) in [5, 5.41) is 2.81. The Morgan fingerprint density at radius 3 is 2.56 bits per heavy atom. The number of ether oxygens (including phenoxy) is 1. The maximum atomic E-state index is 12.7. The molecule has 0 spiro atoms. The van der Waals surface area contributed by atoms with E-state index in [2.05, 4.69) is 22.2 Å². The van der Waals surface area contributed by atoms with Crippen LogP contribution in [0.4, 0.5) is 0 Å². The van der Waals surface area contributed by atoms with Crippen LogP contribution in [0.5, 0.6) is 0 Å². The highest BCUT2D eigenvalue weighted by Crippen LogP contribution is 2.30. The van der Waals surface area contributed by atoms with E-state index in [9.17, 15) is 9.59 Å². The molecule has 1 amide bonds. The summed E-state index contributed by atoms with van der Waals surface area (Å²) in [6.07, 6.45) is 0. The molecular formula is C18H24N4O3. The molecule has 0 radical (unpaired) electrons. The summed E-state index contributed by atoms with van der Waals surface area (Å²) in [4.78, 5) is 34.1. The van der Waals surface area contributed by atoms with Crippen LogP contribution in [-0.2, 0) is 14.3 Å². The summed E-state index contributed by atoms with van der Waals surface area (Å²) in [5.41, 5.74) is 0.835. The van der Waals surface area contributed by atoms with E-state index in [0.29, 0.717) is 5.96 Å². The van der Waals surface area contributed by atoms with Gasteiger partial charge in [-0.15, -0.1) is 0 Å². The first kappa shape index (κ1) is 17.4. The molecule has 3 rings (SSSR count). The third kappa shape index (κ3) is 3.82. The first-order valence-electron chi connectivity index (χ1n) is 8.64. The fourth-order valence-electron chi connectivity index (χ4n) is 3.13. The first-order chi connectivity index (χ1) is 12.1. The number of esters is 1. The van der Waals surface area contributed by atoms with Gasteiger partial charge in [0, 0.05) is 26.2 Å². The van der Waals surface area contributed by atoms with Crippen molar-refractivity contribution >= 4 is 17.8 Å². The van der Waals surface area contributed by atoms with Crippen molar-refractivity contribution in [2.75, 3.05) is 39.8 Å². The van der Waals surface area contributed by atoms with E-state index in [4.69, 9.17) is 9.73 Å². The van der Waals surface area contributed by atoms with Crippen molar-refractivity contribution in [2.45, 2.75) is 13.0 Å². The molecular weight excluding hydrogens is 320 g/mol. The molecule has 2 aliphatic heterocycles. The zero-order valence-electron chi connectivity index (χ0n) is 14.6. The molecule has 1 saturated heterocycles. The number of rotatable bonds is 3. The van der Waals surface area contributed by atoms with Crippen LogP contribution in [0.1, 0.15) is 18.5 Å². The van der Waals surface area contributed by atoms with E-state index < -0.39 is 17.9 Å². The number of nitrogens with zero attached hydrogens (tertiary/aromatic N) is 3. The van der Waals surface area contributed by atoms with Gasteiger partial charge in [-0.3, -0.25) is 14.9 Å². The van der Waals surface area contributed by atoms with Gasteiger partial charge in [-0.2, -0.15) is 0 Å². The zero-order chi connectivity index (χ0) is 17.8. The van der Waals surface area contributed by atoms with Gasteiger partial charge in [0.2, 0.25) is 11.9 Å². The summed E-state index contributed by atoms with van der Waals surface area (Å²) >= 11 is 0. The van der Waals surface area contributed by atoms with Gasteiger partial charge in [0.25, 0.3) is 0 Å². The number of guanidine groups is 1. The molecule has 0 unspecified atom stereocenters. The first-order valence-corrected chi connectivity index (χ1v) is 8.64. The number of likely N-dealkylation sites (N-methyl/N-ethyl adjacent to an activating group) is 1. The Kier molecular flexibility index (Phi) is 5.33. The third-order valence-electron chi connectivity index (χ3n) is 4.58. The fourth-order valence-corrected chi connectivity index (χ4v) is 3.13. The maximum Gasteiger partial charge on any atom is 0.321 e. The van der Waals surface area contributed by atoms with E-state index in [1.165, 1.54) is 0 Å². The fraction of sp³-hybridized carbons (Fsp3) is 0.500. The maximum absolute atomic E-state index is 12.7. The van der Waals surface area contributed by atoms with Crippen LogP contribution in [0.25, 0.3) is 0 Å². The van der Waals surface area contributed by atoms with Crippen LogP contribution in [0.3, 0.4) is 0 Å². The van der Waals surface area contributed by atoms with Crippen LogP contribution in [0, 0.1) is 5.92 Å². The van der Waals surface area contributed by atoms with Crippen LogP contribution in [-0.4, -0.2) is 67.5 Å². The Morgan fingerprint density at radius 1 is 1.24 bits per heavy atom. The molecule has 0 saturated carbocycles. The van der Waals surface area contributed by atoms with E-state index >= 15 is 0 Å². The van der Waals surface area contributed by atoms with Crippen molar-refractivity contribution in [3.8, 4) is 0 Å². The molecule has 7 nitrogen and oxygen atoms in total. The lowest BCUT2D eigenvalue weighted by Crippen LogP contribution is -2.56. The Labute approximate surface area is 147 Å². The van der Waals surface area contributed by atoms with Crippen LogP contribution < -0.4 is 5.32 Å². The van der Waals surface area contributed by atoms with Gasteiger partial charge in [-0.25, -0.2) is 4.99 Å². The molecule has 0 aromatic heterocycles. The topological polar surface area (TPSA) is 74.2 Å². The molecule has 2 heterocycles. The number of aliphatic imine (C=N–C) groups is 1. The van der Waals surface area contributed by atoms with Gasteiger partial charge in [0.15, 0.2) is 5.92 Å². The number of piperazine rings is 1. The molecule has 134 valence electrons. The van der Waals surface area contributed by atoms with Crippen LogP contribution in [0.15, 0.2) is 35.3 Å². The number of hydrogen-bond acceptors (Lipinski definition) is 6. The summed E-state index contributed by atoms with van der Waals surface area (Å²) in [6, 6.07) is 8.88. The second-order valence-corrected chi connectivity index (χ2v) is 6.32. The molecule has 1 N–H and O–H groups in total. The summed E-state index contributed by atoms with van der Waals surface area (Å²) in [5.74, 6) is -1.29. The molecule has 1 aromatic carbocycles. The lowest BCUT2D eigenvalue weighted by Gasteiger charge is -2.37. The van der Waals surface area contributed by atoms with Gasteiger partial charge in [0.05, 0.1) is 6.61 Å². The molecule has 2 atom stereocenters. The van der Waals surface area contributed by atoms with Crippen molar-refractivity contribution in [2.24, 2.45) is 10.9 Å². The number of benzene rings is 1. The molecule has 2 aliphatic rings. The summed E-state index contributed by atoms with van der Waals surface area (Å²) in [6.45, 7) is 5.37. The highest BCUT2D eigenvalue weighted by molar-refractivity contribution is 6.08. The number of amides is 1. The smallest absolute Gasteiger partial charge is 0.321 e. The molecule has 1 fully saturated rings. The van der Waals surface area contributed by atoms with Crippen molar-refractivity contribution < 1.29 is 14.3 Å². The van der Waals surface area contributed by atoms with Crippen molar-refractivity contribution in [3.05, 3.63) is 35.9 Å². The summed E-state index contributed by atoms with van der Waals surface area (Å²) < 4.78 is 5.11. The van der Waals surface area contributed by atoms with Crippen LogP contribution in [0.2, 0.25) is 0 Å². The number of carbonyl (C=O) groups is 2. The lowest BCUT2D eigenvalue weighted by atomic mass is 9.91. The number of hydrogen-bond donors (Lipinski definition) is 1. The quantitative estimate of drug-likeness (QED) is 0.643. The molecule has 7 heteroatoms. The summed E-state index contributed by atoms with van der Waals surface area (Å²) in [7, 11) is 2.07. The molecule has 1 aromatic rings. The second-order valence-electron chi connectivity index (χ2n) is 6.32. The molecule has 0 bridgehead atoms. The van der Waals surface area contributed by atoms with Crippen LogP contribution >= 0.6 is 0 Å². The van der Waals surface area contributed by atoms with Gasteiger partial charge in [-0.1, -0.05) is 30.3 Å². The van der Waals surface area contributed by atoms with Gasteiger partial charge < -0.3 is 14.5 Å². The highest BCUT2D eigenvalue weighted by atomic mass is 16.5. The second kappa shape index (κ2) is 7.65. The van der Waals surface area contributed by atoms with E-state index in [1.54, 1.807) is 6.92 Å². The monoisotopic (exact) mass is 344 g/mol. The predicted molar refractivity (Wildman–Crippen MR) is 94.0 cm³/mol. The Hall–Kier alpha value is -2.41. The predicted octanol–water partition coefficient (Wildman–Crippen LogP) is 0.640. The SMILES string of the molecule is CCOC(=O)[C@@H]1C(=O)NC(N2CCN(C)CC2)=N[C@H]1c1ccccc1. The highest BCUT2D eigenvalue weighted by Gasteiger charge is 2.42. The average Bonchev–Trinajstić information content (AvgIpc) is 2.62. The Bertz CT molecular complexity index is 654. The third-order valence-corrected chi connectivity index (χ3v) is 4.58. The minimum absolute atomic E-state index is 0.235. The average molecular weight is 344 g/mol. The van der Waals surface area contributed by atoms with Crippen molar-refractivity contribution in [1.29, 1.82) is 0 Å². The normalized spacial score (nSPS) is 24.5. The van der Waals surface area contributed by atoms with E-state index in [0.717, 1.165) is 31.7 Å². The Balaban J connectivity index is 1.91. The number of nitrogens with one attached hydrogen (secondary N) is 1. The van der Waals surface area contributed by atoms with Gasteiger partial charge in [-0.05, 0) is 19.5 Å². The van der Waals surface area contributed by atoms with Gasteiger partial charge >= 0.3 is 5.97 Å². The zero-order valence-corrected chi connectivity index (χ0v) is 14.6. The van der Waals surface area contributed by atoms with Gasteiger partial charge in [0.1, 0.15) is 6.04 Å².